The number of nitrogens with one attached hydrogen (secondary N) is 1. The average molecular weight is 306 g/mol. The standard InChI is InChI=1S/C18H18N4O/c1-11-6-12(2)8-14(7-11)9-17-20-18(23-22-17)15-5-4-13(3)16(10-15)21-19/h4-8,10,19H,9H2,1-3H3. The molecule has 23 heavy (non-hydrogen) atoms. The Kier molecular flexibility index (Phi) is 4.02. The topological polar surface area (TPSA) is 75.1 Å². The lowest BCUT2D eigenvalue weighted by molar-refractivity contribution is 0.424. The number of nitrogens with zero attached hydrogens (tertiary/aromatic N) is 3. The van der Waals surface area contributed by atoms with E-state index in [1.165, 1.54) is 16.7 Å². The van der Waals surface area contributed by atoms with Crippen molar-refractivity contribution >= 4 is 5.69 Å². The minimum absolute atomic E-state index is 0.453. The van der Waals surface area contributed by atoms with Gasteiger partial charge >= 0.3 is 0 Å². The normalized spacial score (nSPS) is 10.7. The molecule has 0 radical (unpaired) electrons. The molecule has 0 unspecified atom stereocenters. The summed E-state index contributed by atoms with van der Waals surface area (Å²) in [6.07, 6.45) is 0.632. The molecule has 0 atom stereocenters. The van der Waals surface area contributed by atoms with E-state index in [9.17, 15) is 0 Å². The van der Waals surface area contributed by atoms with E-state index < -0.39 is 0 Å². The van der Waals surface area contributed by atoms with E-state index in [1.54, 1.807) is 6.07 Å². The van der Waals surface area contributed by atoms with Gasteiger partial charge in [0.2, 0.25) is 0 Å². The van der Waals surface area contributed by atoms with Crippen LogP contribution in [0.1, 0.15) is 28.1 Å². The minimum atomic E-state index is 0.453. The quantitative estimate of drug-likeness (QED) is 0.695. The summed E-state index contributed by atoms with van der Waals surface area (Å²) in [4.78, 5) is 4.46. The Morgan fingerprint density at radius 3 is 2.48 bits per heavy atom. The Bertz CT molecular complexity index is 847. The maximum Gasteiger partial charge on any atom is 0.258 e. The molecule has 5 heteroatoms. The number of aryl methyl sites for hydroxylation is 3. The van der Waals surface area contributed by atoms with Gasteiger partial charge in [0.1, 0.15) is 0 Å². The van der Waals surface area contributed by atoms with Gasteiger partial charge in [-0.1, -0.05) is 40.5 Å². The van der Waals surface area contributed by atoms with Gasteiger partial charge < -0.3 is 4.52 Å². The van der Waals surface area contributed by atoms with Crippen molar-refractivity contribution in [3.8, 4) is 11.5 Å². The molecule has 1 heterocycles. The highest BCUT2D eigenvalue weighted by Gasteiger charge is 2.11. The number of rotatable bonds is 4. The molecular formula is C18H18N4O. The zero-order valence-electron chi connectivity index (χ0n) is 13.4. The van der Waals surface area contributed by atoms with Crippen LogP contribution in [-0.4, -0.2) is 10.1 Å². The zero-order valence-corrected chi connectivity index (χ0v) is 13.4. The molecule has 3 rings (SSSR count). The first-order valence-electron chi connectivity index (χ1n) is 7.43. The average Bonchev–Trinajstić information content (AvgIpc) is 2.95. The molecule has 116 valence electrons. The van der Waals surface area contributed by atoms with Gasteiger partial charge in [0.25, 0.3) is 5.89 Å². The van der Waals surface area contributed by atoms with E-state index in [0.717, 1.165) is 11.1 Å². The second kappa shape index (κ2) is 6.12. The van der Waals surface area contributed by atoms with Crippen LogP contribution in [0.25, 0.3) is 11.5 Å². The molecule has 0 aliphatic rings. The van der Waals surface area contributed by atoms with E-state index >= 15 is 0 Å². The van der Waals surface area contributed by atoms with Crippen molar-refractivity contribution in [1.29, 1.82) is 5.53 Å². The first kappa shape index (κ1) is 15.1. The predicted molar refractivity (Wildman–Crippen MR) is 88.0 cm³/mol. The fourth-order valence-corrected chi connectivity index (χ4v) is 2.66. The van der Waals surface area contributed by atoms with Crippen molar-refractivity contribution in [1.82, 2.24) is 10.1 Å². The third-order valence-electron chi connectivity index (χ3n) is 3.69. The van der Waals surface area contributed by atoms with Crippen LogP contribution in [0.2, 0.25) is 0 Å². The molecule has 0 aliphatic heterocycles. The molecule has 0 spiro atoms. The Morgan fingerprint density at radius 1 is 1.04 bits per heavy atom. The van der Waals surface area contributed by atoms with Gasteiger partial charge in [-0.2, -0.15) is 10.1 Å². The summed E-state index contributed by atoms with van der Waals surface area (Å²) < 4.78 is 5.36. The first-order valence-corrected chi connectivity index (χ1v) is 7.43. The summed E-state index contributed by atoms with van der Waals surface area (Å²) in [5.41, 5.74) is 13.1. The maximum absolute atomic E-state index is 7.20. The van der Waals surface area contributed by atoms with Gasteiger partial charge in [0.15, 0.2) is 5.82 Å². The smallest absolute Gasteiger partial charge is 0.258 e. The zero-order chi connectivity index (χ0) is 16.4. The van der Waals surface area contributed by atoms with Gasteiger partial charge in [-0.15, -0.1) is 0 Å². The lowest BCUT2D eigenvalue weighted by atomic mass is 10.0. The molecule has 3 aromatic rings. The molecule has 0 fully saturated rings. The monoisotopic (exact) mass is 306 g/mol. The summed E-state index contributed by atoms with van der Waals surface area (Å²) in [6.45, 7) is 6.07. The van der Waals surface area contributed by atoms with Crippen LogP contribution in [0, 0.1) is 26.3 Å². The van der Waals surface area contributed by atoms with Crippen molar-refractivity contribution in [2.75, 3.05) is 0 Å². The molecule has 1 aromatic heterocycles. The van der Waals surface area contributed by atoms with Crippen LogP contribution in [0.4, 0.5) is 5.69 Å². The summed E-state index contributed by atoms with van der Waals surface area (Å²) in [5.74, 6) is 1.10. The van der Waals surface area contributed by atoms with Crippen LogP contribution in [0.15, 0.2) is 46.0 Å². The summed E-state index contributed by atoms with van der Waals surface area (Å²) in [6, 6.07) is 12.0. The lowest BCUT2D eigenvalue weighted by Crippen LogP contribution is -1.92. The molecule has 2 aromatic carbocycles. The molecular weight excluding hydrogens is 288 g/mol. The Labute approximate surface area is 134 Å². The van der Waals surface area contributed by atoms with Crippen LogP contribution in [-0.2, 0) is 6.42 Å². The fraction of sp³-hybridized carbons (Fsp3) is 0.222. The second-order valence-electron chi connectivity index (χ2n) is 5.80. The Balaban J connectivity index is 1.87. The van der Waals surface area contributed by atoms with Gasteiger partial charge in [0, 0.05) is 12.0 Å². The van der Waals surface area contributed by atoms with Crippen molar-refractivity contribution in [3.63, 3.8) is 0 Å². The highest BCUT2D eigenvalue weighted by molar-refractivity contribution is 5.61. The van der Waals surface area contributed by atoms with Crippen LogP contribution in [0.5, 0.6) is 0 Å². The van der Waals surface area contributed by atoms with Gasteiger partial charge in [0.05, 0.1) is 5.69 Å². The Hall–Kier alpha value is -2.82. The van der Waals surface area contributed by atoms with Crippen molar-refractivity contribution < 1.29 is 4.52 Å². The number of hydrogen-bond donors (Lipinski definition) is 1. The number of aromatic nitrogens is 2. The summed E-state index contributed by atoms with van der Waals surface area (Å²) in [7, 11) is 0. The van der Waals surface area contributed by atoms with E-state index in [-0.39, 0.29) is 0 Å². The summed E-state index contributed by atoms with van der Waals surface area (Å²) in [5, 5.41) is 7.57. The molecule has 0 bridgehead atoms. The fourth-order valence-electron chi connectivity index (χ4n) is 2.66. The van der Waals surface area contributed by atoms with Gasteiger partial charge in [-0.25, -0.2) is 5.53 Å². The van der Waals surface area contributed by atoms with E-state index in [4.69, 9.17) is 10.1 Å². The van der Waals surface area contributed by atoms with Gasteiger partial charge in [-0.3, -0.25) is 0 Å². The number of benzene rings is 2. The second-order valence-corrected chi connectivity index (χ2v) is 5.80. The van der Waals surface area contributed by atoms with Crippen molar-refractivity contribution in [2.24, 2.45) is 5.11 Å². The molecule has 0 amide bonds. The third kappa shape index (κ3) is 3.34. The molecule has 5 nitrogen and oxygen atoms in total. The third-order valence-corrected chi connectivity index (χ3v) is 3.69. The van der Waals surface area contributed by atoms with E-state index in [0.29, 0.717) is 23.8 Å². The predicted octanol–water partition coefficient (Wildman–Crippen LogP) is 4.92. The molecule has 0 saturated heterocycles. The largest absolute Gasteiger partial charge is 0.334 e. The molecule has 0 aliphatic carbocycles. The molecule has 0 saturated carbocycles. The van der Waals surface area contributed by atoms with Crippen molar-refractivity contribution in [3.05, 3.63) is 64.5 Å². The Morgan fingerprint density at radius 2 is 1.78 bits per heavy atom. The summed E-state index contributed by atoms with van der Waals surface area (Å²) >= 11 is 0. The van der Waals surface area contributed by atoms with E-state index in [2.05, 4.69) is 47.3 Å². The highest BCUT2D eigenvalue weighted by Crippen LogP contribution is 2.26. The first-order chi connectivity index (χ1) is 11.0. The van der Waals surface area contributed by atoms with Crippen LogP contribution >= 0.6 is 0 Å². The minimum Gasteiger partial charge on any atom is -0.334 e. The maximum atomic E-state index is 7.20. The van der Waals surface area contributed by atoms with E-state index in [1.807, 2.05) is 19.1 Å². The van der Waals surface area contributed by atoms with Gasteiger partial charge in [-0.05, 0) is 44.0 Å². The van der Waals surface area contributed by atoms with Crippen LogP contribution in [0.3, 0.4) is 0 Å². The molecule has 1 N–H and O–H groups in total. The number of hydrogen-bond acceptors (Lipinski definition) is 5. The lowest BCUT2D eigenvalue weighted by Gasteiger charge is -2.02. The van der Waals surface area contributed by atoms with Crippen molar-refractivity contribution in [2.45, 2.75) is 27.2 Å². The van der Waals surface area contributed by atoms with Crippen LogP contribution < -0.4 is 0 Å². The SMILES string of the molecule is Cc1cc(C)cc(Cc2noc(-c3ccc(C)c(N=N)c3)n2)c1. The highest BCUT2D eigenvalue weighted by atomic mass is 16.5.